The second-order valence-electron chi connectivity index (χ2n) is 5.63. The van der Waals surface area contributed by atoms with Crippen molar-refractivity contribution in [3.8, 4) is 0 Å². The lowest BCUT2D eigenvalue weighted by molar-refractivity contribution is 0.350. The first-order valence-corrected chi connectivity index (χ1v) is 7.48. The van der Waals surface area contributed by atoms with E-state index in [9.17, 15) is 4.79 Å². The van der Waals surface area contributed by atoms with E-state index in [4.69, 9.17) is 0 Å². The van der Waals surface area contributed by atoms with E-state index < -0.39 is 0 Å². The van der Waals surface area contributed by atoms with Crippen molar-refractivity contribution in [3.05, 3.63) is 28.2 Å². The number of nitrogens with zero attached hydrogens (tertiary/aromatic N) is 2. The lowest BCUT2D eigenvalue weighted by Crippen LogP contribution is -2.34. The van der Waals surface area contributed by atoms with Gasteiger partial charge in [-0.25, -0.2) is 4.68 Å². The van der Waals surface area contributed by atoms with Gasteiger partial charge in [-0.15, -0.1) is 0 Å². The van der Waals surface area contributed by atoms with Crippen molar-refractivity contribution in [2.24, 2.45) is 5.92 Å². The van der Waals surface area contributed by atoms with Crippen LogP contribution in [0.2, 0.25) is 0 Å². The molecule has 0 aromatic carbocycles. The van der Waals surface area contributed by atoms with Gasteiger partial charge in [0.25, 0.3) is 5.56 Å². The summed E-state index contributed by atoms with van der Waals surface area (Å²) in [4.78, 5) is 11.8. The molecule has 1 N–H and O–H groups in total. The molecule has 0 saturated heterocycles. The Morgan fingerprint density at radius 1 is 1.47 bits per heavy atom. The molecule has 1 saturated carbocycles. The molecule has 1 heterocycles. The summed E-state index contributed by atoms with van der Waals surface area (Å²) in [5, 5.41) is 7.84. The molecule has 1 aliphatic carbocycles. The van der Waals surface area contributed by atoms with Crippen LogP contribution in [-0.2, 0) is 6.54 Å². The van der Waals surface area contributed by atoms with Crippen molar-refractivity contribution in [1.29, 1.82) is 0 Å². The highest BCUT2D eigenvalue weighted by Crippen LogP contribution is 2.28. The van der Waals surface area contributed by atoms with Crippen molar-refractivity contribution < 1.29 is 0 Å². The number of hydrogen-bond donors (Lipinski definition) is 1. The molecule has 1 aliphatic rings. The molecule has 0 bridgehead atoms. The minimum atomic E-state index is 0.0241. The second-order valence-corrected chi connectivity index (χ2v) is 5.63. The summed E-state index contributed by atoms with van der Waals surface area (Å²) >= 11 is 0. The molecule has 1 aromatic rings. The van der Waals surface area contributed by atoms with Gasteiger partial charge in [-0.2, -0.15) is 5.10 Å². The van der Waals surface area contributed by atoms with Crippen molar-refractivity contribution in [2.75, 3.05) is 6.54 Å². The zero-order valence-electron chi connectivity index (χ0n) is 12.1. The lowest BCUT2D eigenvalue weighted by atomic mass is 9.99. The molecular formula is C15H25N3O. The number of rotatable bonds is 6. The summed E-state index contributed by atoms with van der Waals surface area (Å²) < 4.78 is 1.60. The third-order valence-corrected chi connectivity index (χ3v) is 4.03. The highest BCUT2D eigenvalue weighted by atomic mass is 16.1. The van der Waals surface area contributed by atoms with Gasteiger partial charge >= 0.3 is 0 Å². The number of nitrogens with one attached hydrogen (secondary N) is 1. The van der Waals surface area contributed by atoms with Crippen LogP contribution in [0.15, 0.2) is 17.1 Å². The van der Waals surface area contributed by atoms with Gasteiger partial charge in [0.05, 0.1) is 6.20 Å². The van der Waals surface area contributed by atoms with Gasteiger partial charge in [0, 0.05) is 18.7 Å². The highest BCUT2D eigenvalue weighted by molar-refractivity contribution is 5.02. The maximum atomic E-state index is 11.8. The minimum absolute atomic E-state index is 0.0241. The fraction of sp³-hybridized carbons (Fsp3) is 0.733. The van der Waals surface area contributed by atoms with Gasteiger partial charge in [0.1, 0.15) is 0 Å². The summed E-state index contributed by atoms with van der Waals surface area (Å²) in [6.45, 7) is 5.95. The minimum Gasteiger partial charge on any atom is -0.314 e. The van der Waals surface area contributed by atoms with Gasteiger partial charge in [-0.1, -0.05) is 13.3 Å². The average Bonchev–Trinajstić information content (AvgIpc) is 2.83. The number of aromatic nitrogens is 2. The lowest BCUT2D eigenvalue weighted by Gasteiger charge is -2.20. The van der Waals surface area contributed by atoms with E-state index in [0.717, 1.165) is 25.1 Å². The molecule has 0 aliphatic heterocycles. The monoisotopic (exact) mass is 263 g/mol. The van der Waals surface area contributed by atoms with Crippen LogP contribution in [0.4, 0.5) is 0 Å². The van der Waals surface area contributed by atoms with E-state index in [-0.39, 0.29) is 5.56 Å². The Morgan fingerprint density at radius 2 is 2.32 bits per heavy atom. The van der Waals surface area contributed by atoms with E-state index in [1.807, 2.05) is 6.92 Å². The van der Waals surface area contributed by atoms with E-state index in [0.29, 0.717) is 12.0 Å². The topological polar surface area (TPSA) is 46.9 Å². The molecule has 2 atom stereocenters. The third-order valence-electron chi connectivity index (χ3n) is 4.03. The zero-order valence-corrected chi connectivity index (χ0v) is 12.1. The Balaban J connectivity index is 1.88. The number of aryl methyl sites for hydroxylation is 2. The van der Waals surface area contributed by atoms with Crippen LogP contribution in [0.1, 0.15) is 44.6 Å². The Labute approximate surface area is 115 Å². The summed E-state index contributed by atoms with van der Waals surface area (Å²) in [7, 11) is 0. The summed E-state index contributed by atoms with van der Waals surface area (Å²) in [6, 6.07) is 2.30. The second kappa shape index (κ2) is 6.85. The molecule has 19 heavy (non-hydrogen) atoms. The highest BCUT2D eigenvalue weighted by Gasteiger charge is 2.26. The predicted molar refractivity (Wildman–Crippen MR) is 77.3 cm³/mol. The molecular weight excluding hydrogens is 238 g/mol. The molecule has 0 spiro atoms. The molecule has 106 valence electrons. The van der Waals surface area contributed by atoms with Crippen LogP contribution in [0.5, 0.6) is 0 Å². The van der Waals surface area contributed by atoms with E-state index in [1.54, 1.807) is 16.9 Å². The average molecular weight is 263 g/mol. The Bertz CT molecular complexity index is 455. The van der Waals surface area contributed by atoms with Crippen LogP contribution in [0, 0.1) is 12.8 Å². The van der Waals surface area contributed by atoms with Crippen LogP contribution in [-0.4, -0.2) is 22.4 Å². The number of hydrogen-bond acceptors (Lipinski definition) is 3. The summed E-state index contributed by atoms with van der Waals surface area (Å²) in [5.41, 5.74) is 0.959. The fourth-order valence-corrected chi connectivity index (χ4v) is 2.96. The first kappa shape index (κ1) is 14.3. The zero-order chi connectivity index (χ0) is 13.7. The molecule has 2 unspecified atom stereocenters. The van der Waals surface area contributed by atoms with Gasteiger partial charge in [-0.3, -0.25) is 4.79 Å². The normalized spacial score (nSPS) is 22.8. The van der Waals surface area contributed by atoms with Crippen molar-refractivity contribution in [1.82, 2.24) is 15.1 Å². The molecule has 4 nitrogen and oxygen atoms in total. The van der Waals surface area contributed by atoms with Gasteiger partial charge in [-0.05, 0) is 50.6 Å². The summed E-state index contributed by atoms with van der Waals surface area (Å²) in [5.74, 6) is 0.696. The van der Waals surface area contributed by atoms with Crippen molar-refractivity contribution in [2.45, 2.75) is 58.5 Å². The third kappa shape index (κ3) is 3.90. The first-order chi connectivity index (χ1) is 9.20. The van der Waals surface area contributed by atoms with Crippen LogP contribution in [0.25, 0.3) is 0 Å². The molecule has 0 radical (unpaired) electrons. The van der Waals surface area contributed by atoms with Gasteiger partial charge in [0.15, 0.2) is 0 Å². The quantitative estimate of drug-likeness (QED) is 0.855. The van der Waals surface area contributed by atoms with E-state index >= 15 is 0 Å². The standard InChI is InChI=1S/C15H25N3O/c1-3-8-16-14-6-4-5-13(14)7-9-18-15(19)10-12(2)11-17-18/h10-11,13-14,16H,3-9H2,1-2H3. The summed E-state index contributed by atoms with van der Waals surface area (Å²) in [6.07, 6.45) is 7.87. The van der Waals surface area contributed by atoms with Crippen LogP contribution >= 0.6 is 0 Å². The Hall–Kier alpha value is -1.16. The maximum absolute atomic E-state index is 11.8. The Kier molecular flexibility index (Phi) is 5.14. The molecule has 1 fully saturated rings. The molecule has 0 amide bonds. The van der Waals surface area contributed by atoms with Crippen molar-refractivity contribution in [3.63, 3.8) is 0 Å². The fourth-order valence-electron chi connectivity index (χ4n) is 2.96. The Morgan fingerprint density at radius 3 is 3.05 bits per heavy atom. The van der Waals surface area contributed by atoms with Gasteiger partial charge in [0.2, 0.25) is 0 Å². The predicted octanol–water partition coefficient (Wildman–Crippen LogP) is 2.11. The molecule has 2 rings (SSSR count). The van der Waals surface area contributed by atoms with E-state index in [2.05, 4.69) is 17.3 Å². The van der Waals surface area contributed by atoms with Gasteiger partial charge < -0.3 is 5.32 Å². The smallest absolute Gasteiger partial charge is 0.266 e. The largest absolute Gasteiger partial charge is 0.314 e. The maximum Gasteiger partial charge on any atom is 0.266 e. The van der Waals surface area contributed by atoms with Crippen molar-refractivity contribution >= 4 is 0 Å². The molecule has 4 heteroatoms. The van der Waals surface area contributed by atoms with E-state index in [1.165, 1.54) is 25.7 Å². The SMILES string of the molecule is CCCNC1CCCC1CCn1ncc(C)cc1=O. The van der Waals surface area contributed by atoms with Crippen LogP contribution < -0.4 is 10.9 Å². The van der Waals surface area contributed by atoms with Crippen LogP contribution in [0.3, 0.4) is 0 Å². The molecule has 1 aromatic heterocycles. The first-order valence-electron chi connectivity index (χ1n) is 7.48.